The van der Waals surface area contributed by atoms with E-state index in [4.69, 9.17) is 15.3 Å². The van der Waals surface area contributed by atoms with E-state index in [1.807, 2.05) is 6.92 Å². The van der Waals surface area contributed by atoms with E-state index in [2.05, 4.69) is 0 Å². The van der Waals surface area contributed by atoms with Crippen molar-refractivity contribution in [1.82, 2.24) is 0 Å². The van der Waals surface area contributed by atoms with Crippen molar-refractivity contribution in [1.29, 1.82) is 0 Å². The van der Waals surface area contributed by atoms with Gasteiger partial charge in [-0.3, -0.25) is 4.79 Å². The van der Waals surface area contributed by atoms with Crippen LogP contribution in [0.4, 0.5) is 0 Å². The molecule has 0 heterocycles. The van der Waals surface area contributed by atoms with E-state index in [1.54, 1.807) is 0 Å². The second-order valence-electron chi connectivity index (χ2n) is 1.59. The van der Waals surface area contributed by atoms with Crippen molar-refractivity contribution in [2.24, 2.45) is 0 Å². The van der Waals surface area contributed by atoms with E-state index in [0.717, 1.165) is 6.42 Å². The summed E-state index contributed by atoms with van der Waals surface area (Å²) in [5.41, 5.74) is 0. The smallest absolute Gasteiger partial charge is 0.303 e. The number of hydrogen-bond donors (Lipinski definition) is 3. The molecule has 0 aliphatic heterocycles. The van der Waals surface area contributed by atoms with Gasteiger partial charge in [0.2, 0.25) is 0 Å². The molecular formula is C6H16Br2O4. The van der Waals surface area contributed by atoms with Crippen molar-refractivity contribution in [3.05, 3.63) is 0 Å². The summed E-state index contributed by atoms with van der Waals surface area (Å²) in [4.78, 5) is 9.60. The summed E-state index contributed by atoms with van der Waals surface area (Å²) in [6, 6.07) is 0. The Kier molecular flexibility index (Phi) is 42.8. The normalized spacial score (nSPS) is 6.58. The van der Waals surface area contributed by atoms with Crippen LogP contribution in [0.25, 0.3) is 0 Å². The number of aliphatic hydroxyl groups excluding tert-OH is 2. The highest BCUT2D eigenvalue weighted by Crippen LogP contribution is 1.82. The topological polar surface area (TPSA) is 77.8 Å². The SMILES string of the molecule is Br.Br.CCCC(=O)O.OCCO. The third kappa shape index (κ3) is 47.8. The standard InChI is InChI=1S/C4H8O2.C2H6O2.2BrH/c1-2-3-4(5)6;3-1-2-4;;/h2-3H2,1H3,(H,5,6);3-4H,1-2H2;2*1H. The van der Waals surface area contributed by atoms with Crippen molar-refractivity contribution in [3.63, 3.8) is 0 Å². The molecule has 78 valence electrons. The number of carbonyl (C=O) groups is 1. The molecule has 0 atom stereocenters. The summed E-state index contributed by atoms with van der Waals surface area (Å²) < 4.78 is 0. The van der Waals surface area contributed by atoms with Gasteiger partial charge in [-0.05, 0) is 6.42 Å². The van der Waals surface area contributed by atoms with Crippen molar-refractivity contribution >= 4 is 39.9 Å². The average Bonchev–Trinajstić information content (AvgIpc) is 1.89. The molecule has 0 spiro atoms. The van der Waals surface area contributed by atoms with Crippen molar-refractivity contribution in [3.8, 4) is 0 Å². The molecule has 0 radical (unpaired) electrons. The van der Waals surface area contributed by atoms with Gasteiger partial charge in [-0.15, -0.1) is 34.0 Å². The molecule has 0 saturated heterocycles. The lowest BCUT2D eigenvalue weighted by Gasteiger charge is -1.79. The van der Waals surface area contributed by atoms with Crippen LogP contribution in [0, 0.1) is 0 Å². The highest BCUT2D eigenvalue weighted by atomic mass is 79.9. The van der Waals surface area contributed by atoms with Gasteiger partial charge in [0, 0.05) is 6.42 Å². The lowest BCUT2D eigenvalue weighted by molar-refractivity contribution is -0.137. The molecule has 0 fully saturated rings. The van der Waals surface area contributed by atoms with Gasteiger partial charge in [0.25, 0.3) is 0 Å². The Balaban J connectivity index is -0.0000000483. The predicted molar refractivity (Wildman–Crippen MR) is 57.4 cm³/mol. The first-order chi connectivity index (χ1) is 4.68. The number of carboxylic acids is 1. The average molecular weight is 312 g/mol. The minimum absolute atomic E-state index is 0. The summed E-state index contributed by atoms with van der Waals surface area (Å²) in [5, 5.41) is 23.2. The van der Waals surface area contributed by atoms with Crippen LogP contribution in [0.15, 0.2) is 0 Å². The van der Waals surface area contributed by atoms with E-state index >= 15 is 0 Å². The molecule has 0 saturated carbocycles. The number of halogens is 2. The summed E-state index contributed by atoms with van der Waals surface area (Å²) in [6.45, 7) is 1.59. The number of carboxylic acid groups (broad SMARTS) is 1. The van der Waals surface area contributed by atoms with Gasteiger partial charge in [-0.25, -0.2) is 0 Å². The summed E-state index contributed by atoms with van der Waals surface area (Å²) in [7, 11) is 0. The third-order valence-corrected chi connectivity index (χ3v) is 0.564. The molecule has 0 aromatic rings. The number of hydrogen-bond acceptors (Lipinski definition) is 3. The Hall–Kier alpha value is 0.350. The zero-order chi connectivity index (χ0) is 8.41. The molecule has 0 aliphatic rings. The molecule has 3 N–H and O–H groups in total. The molecule has 0 bridgehead atoms. The van der Waals surface area contributed by atoms with Crippen molar-refractivity contribution in [2.45, 2.75) is 19.8 Å². The number of aliphatic carboxylic acids is 1. The Labute approximate surface area is 93.1 Å². The molecule has 0 aromatic carbocycles. The van der Waals surface area contributed by atoms with E-state index in [0.29, 0.717) is 6.42 Å². The predicted octanol–water partition coefficient (Wildman–Crippen LogP) is 0.998. The monoisotopic (exact) mass is 310 g/mol. The Morgan fingerprint density at radius 2 is 1.50 bits per heavy atom. The van der Waals surface area contributed by atoms with E-state index in [-0.39, 0.29) is 47.2 Å². The lowest BCUT2D eigenvalue weighted by atomic mass is 10.4. The minimum Gasteiger partial charge on any atom is -0.481 e. The van der Waals surface area contributed by atoms with Crippen LogP contribution in [0.5, 0.6) is 0 Å². The maximum Gasteiger partial charge on any atom is 0.303 e. The Morgan fingerprint density at radius 3 is 1.50 bits per heavy atom. The van der Waals surface area contributed by atoms with Gasteiger partial charge in [0.15, 0.2) is 0 Å². The van der Waals surface area contributed by atoms with Gasteiger partial charge < -0.3 is 15.3 Å². The summed E-state index contributed by atoms with van der Waals surface area (Å²) >= 11 is 0. The Morgan fingerprint density at radius 1 is 1.17 bits per heavy atom. The fourth-order valence-electron chi connectivity index (χ4n) is 0.214. The van der Waals surface area contributed by atoms with Gasteiger partial charge in [0.05, 0.1) is 13.2 Å². The zero-order valence-electron chi connectivity index (χ0n) is 6.89. The van der Waals surface area contributed by atoms with Crippen LogP contribution in [0.2, 0.25) is 0 Å². The minimum atomic E-state index is -0.711. The fourth-order valence-corrected chi connectivity index (χ4v) is 0.214. The van der Waals surface area contributed by atoms with Crippen molar-refractivity contribution < 1.29 is 20.1 Å². The van der Waals surface area contributed by atoms with Crippen LogP contribution in [-0.2, 0) is 4.79 Å². The zero-order valence-corrected chi connectivity index (χ0v) is 10.3. The molecule has 0 amide bonds. The largest absolute Gasteiger partial charge is 0.481 e. The van der Waals surface area contributed by atoms with Gasteiger partial charge >= 0.3 is 5.97 Å². The van der Waals surface area contributed by atoms with Crippen LogP contribution in [-0.4, -0.2) is 34.5 Å². The second-order valence-corrected chi connectivity index (χ2v) is 1.59. The fraction of sp³-hybridized carbons (Fsp3) is 0.833. The molecule has 12 heavy (non-hydrogen) atoms. The maximum atomic E-state index is 9.60. The number of aliphatic hydroxyl groups is 2. The third-order valence-electron chi connectivity index (χ3n) is 0.564. The lowest BCUT2D eigenvalue weighted by Crippen LogP contribution is -1.90. The number of rotatable bonds is 3. The molecule has 6 heteroatoms. The molecule has 4 nitrogen and oxygen atoms in total. The van der Waals surface area contributed by atoms with Crippen LogP contribution < -0.4 is 0 Å². The summed E-state index contributed by atoms with van der Waals surface area (Å²) in [6.07, 6.45) is 1.02. The highest BCUT2D eigenvalue weighted by Gasteiger charge is 1.87. The van der Waals surface area contributed by atoms with Crippen molar-refractivity contribution in [2.75, 3.05) is 13.2 Å². The molecule has 0 unspecified atom stereocenters. The Bertz CT molecular complexity index is 77.9. The molecule has 0 aromatic heterocycles. The first-order valence-electron chi connectivity index (χ1n) is 3.12. The maximum absolute atomic E-state index is 9.60. The quantitative estimate of drug-likeness (QED) is 0.726. The summed E-state index contributed by atoms with van der Waals surface area (Å²) in [5.74, 6) is -0.711. The van der Waals surface area contributed by atoms with Gasteiger partial charge in [0.1, 0.15) is 0 Å². The molecule has 0 rings (SSSR count). The van der Waals surface area contributed by atoms with Crippen LogP contribution in [0.3, 0.4) is 0 Å². The van der Waals surface area contributed by atoms with E-state index in [9.17, 15) is 4.79 Å². The van der Waals surface area contributed by atoms with E-state index < -0.39 is 5.97 Å². The van der Waals surface area contributed by atoms with E-state index in [1.165, 1.54) is 0 Å². The van der Waals surface area contributed by atoms with Gasteiger partial charge in [-0.2, -0.15) is 0 Å². The first kappa shape index (κ1) is 22.8. The first-order valence-corrected chi connectivity index (χ1v) is 3.12. The molecular weight excluding hydrogens is 296 g/mol. The van der Waals surface area contributed by atoms with Crippen LogP contribution >= 0.6 is 34.0 Å². The van der Waals surface area contributed by atoms with Gasteiger partial charge in [-0.1, -0.05) is 6.92 Å². The molecule has 0 aliphatic carbocycles. The van der Waals surface area contributed by atoms with Crippen LogP contribution in [0.1, 0.15) is 19.8 Å². The highest BCUT2D eigenvalue weighted by molar-refractivity contribution is 8.93. The second kappa shape index (κ2) is 22.5.